The van der Waals surface area contributed by atoms with E-state index >= 15 is 0 Å². The van der Waals surface area contributed by atoms with Crippen LogP contribution < -0.4 is 0 Å². The average Bonchev–Trinajstić information content (AvgIpc) is 3.37. The van der Waals surface area contributed by atoms with Gasteiger partial charge in [-0.1, -0.05) is 24.3 Å². The van der Waals surface area contributed by atoms with E-state index in [4.69, 9.17) is 4.74 Å². The summed E-state index contributed by atoms with van der Waals surface area (Å²) in [5, 5.41) is 17.7. The number of carbonyl (C=O) groups is 2. The molecule has 0 atom stereocenters. The van der Waals surface area contributed by atoms with Gasteiger partial charge >= 0.3 is 18.1 Å². The maximum atomic E-state index is 13.4. The number of hydrogen-bond acceptors (Lipinski definition) is 9. The molecule has 220 valence electrons. The van der Waals surface area contributed by atoms with Gasteiger partial charge in [0.25, 0.3) is 17.0 Å². The first-order valence-corrected chi connectivity index (χ1v) is 12.9. The molecule has 1 aromatic heterocycles. The van der Waals surface area contributed by atoms with Crippen molar-refractivity contribution in [2.24, 2.45) is 5.28 Å². The first kappa shape index (κ1) is 30.9. The standard InChI is InChI=1S/C24H25F3N5O8S/c1-16(33)39-15-40-29-32(35)30(2)11-12-38-23(34)13-17-3-5-18(6-4-17)21-14-22(24(25,26)27)28-31(21)19-7-9-20(10-8-19)41(36)37/h3-10,14,41H,11-13,15H2,1-2H3,(H,29,35)/q+1. The number of thiol groups is 1. The van der Waals surface area contributed by atoms with Crippen molar-refractivity contribution in [1.29, 1.82) is 0 Å². The molecule has 2 aromatic carbocycles. The largest absolute Gasteiger partial charge is 0.463 e. The van der Waals surface area contributed by atoms with Crippen molar-refractivity contribution in [2.45, 2.75) is 24.4 Å². The molecule has 0 unspecified atom stereocenters. The predicted molar refractivity (Wildman–Crippen MR) is 132 cm³/mol. The third kappa shape index (κ3) is 8.92. The van der Waals surface area contributed by atoms with Gasteiger partial charge in [-0.25, -0.2) is 18.3 Å². The molecule has 0 fully saturated rings. The third-order valence-electron chi connectivity index (χ3n) is 5.33. The Morgan fingerprint density at radius 1 is 1.10 bits per heavy atom. The Labute approximate surface area is 232 Å². The molecular formula is C24H25F3N5O8S+. The lowest BCUT2D eigenvalue weighted by atomic mass is 10.1. The van der Waals surface area contributed by atoms with Gasteiger partial charge in [-0.2, -0.15) is 18.3 Å². The lowest BCUT2D eigenvalue weighted by Crippen LogP contribution is -2.32. The number of carbonyl (C=O) groups excluding carboxylic acids is 2. The van der Waals surface area contributed by atoms with Gasteiger partial charge in [0.1, 0.15) is 13.2 Å². The van der Waals surface area contributed by atoms with Gasteiger partial charge in [0.2, 0.25) is 0 Å². The smallest absolute Gasteiger partial charge is 0.435 e. The monoisotopic (exact) mass is 600 g/mol. The first-order valence-electron chi connectivity index (χ1n) is 11.7. The summed E-state index contributed by atoms with van der Waals surface area (Å²) in [5.41, 5.74) is 0.0849. The van der Waals surface area contributed by atoms with Crippen molar-refractivity contribution < 1.29 is 55.7 Å². The first-order chi connectivity index (χ1) is 19.3. The topological polar surface area (TPSA) is 153 Å². The fourth-order valence-corrected chi connectivity index (χ4v) is 3.67. The maximum Gasteiger partial charge on any atom is 0.435 e. The van der Waals surface area contributed by atoms with Gasteiger partial charge in [-0.05, 0) is 35.9 Å². The van der Waals surface area contributed by atoms with Crippen molar-refractivity contribution in [1.82, 2.24) is 14.8 Å². The van der Waals surface area contributed by atoms with Crippen LogP contribution in [0.1, 0.15) is 18.2 Å². The molecule has 0 bridgehead atoms. The van der Waals surface area contributed by atoms with Crippen LogP contribution in [0.5, 0.6) is 0 Å². The molecule has 0 aliphatic carbocycles. The van der Waals surface area contributed by atoms with Gasteiger partial charge < -0.3 is 9.47 Å². The number of ether oxygens (including phenoxy) is 2. The Morgan fingerprint density at radius 3 is 2.34 bits per heavy atom. The van der Waals surface area contributed by atoms with Gasteiger partial charge in [-0.15, -0.1) is 5.01 Å². The molecule has 0 saturated carbocycles. The van der Waals surface area contributed by atoms with Gasteiger partial charge in [0.15, 0.2) is 16.4 Å². The molecule has 0 aliphatic heterocycles. The number of benzene rings is 2. The van der Waals surface area contributed by atoms with Crippen LogP contribution in [0, 0.1) is 0 Å². The molecule has 3 aromatic rings. The lowest BCUT2D eigenvalue weighted by Gasteiger charge is -2.10. The minimum atomic E-state index is -4.71. The predicted octanol–water partition coefficient (Wildman–Crippen LogP) is 2.77. The quantitative estimate of drug-likeness (QED) is 0.0604. The fraction of sp³-hybridized carbons (Fsp3) is 0.292. The van der Waals surface area contributed by atoms with Crippen LogP contribution in [0.2, 0.25) is 0 Å². The molecule has 0 amide bonds. The van der Waals surface area contributed by atoms with E-state index in [1.807, 2.05) is 0 Å². The number of hydrogen-bond donors (Lipinski definition) is 2. The highest BCUT2D eigenvalue weighted by Gasteiger charge is 2.35. The summed E-state index contributed by atoms with van der Waals surface area (Å²) in [7, 11) is -1.44. The van der Waals surface area contributed by atoms with Gasteiger partial charge in [-0.3, -0.25) is 14.4 Å². The molecule has 1 N–H and O–H groups in total. The van der Waals surface area contributed by atoms with Crippen LogP contribution in [-0.4, -0.2) is 72.3 Å². The van der Waals surface area contributed by atoms with Gasteiger partial charge in [0, 0.05) is 12.5 Å². The molecule has 13 nitrogen and oxygen atoms in total. The zero-order valence-electron chi connectivity index (χ0n) is 21.6. The Morgan fingerprint density at radius 2 is 1.76 bits per heavy atom. The molecule has 0 aliphatic rings. The summed E-state index contributed by atoms with van der Waals surface area (Å²) in [6.45, 7) is 0.574. The van der Waals surface area contributed by atoms with Crippen molar-refractivity contribution in [3.8, 4) is 16.9 Å². The summed E-state index contributed by atoms with van der Waals surface area (Å²) < 4.78 is 73.3. The third-order valence-corrected chi connectivity index (χ3v) is 6.05. The van der Waals surface area contributed by atoms with Crippen molar-refractivity contribution in [3.63, 3.8) is 0 Å². The summed E-state index contributed by atoms with van der Waals surface area (Å²) in [5.74, 6) is -1.19. The van der Waals surface area contributed by atoms with Crippen LogP contribution >= 0.6 is 0 Å². The minimum Gasteiger partial charge on any atom is -0.463 e. The highest BCUT2D eigenvalue weighted by molar-refractivity contribution is 7.72. The molecule has 0 radical (unpaired) electrons. The average molecular weight is 601 g/mol. The second kappa shape index (κ2) is 13.6. The highest BCUT2D eigenvalue weighted by atomic mass is 32.2. The summed E-state index contributed by atoms with van der Waals surface area (Å²) in [4.78, 5) is 27.8. The molecule has 0 saturated heterocycles. The van der Waals surface area contributed by atoms with Crippen molar-refractivity contribution in [2.75, 3.05) is 27.0 Å². The van der Waals surface area contributed by atoms with Crippen LogP contribution in [0.25, 0.3) is 16.9 Å². The van der Waals surface area contributed by atoms with E-state index in [0.717, 1.165) is 15.8 Å². The van der Waals surface area contributed by atoms with Crippen LogP contribution in [0.15, 0.2) is 64.8 Å². The summed E-state index contributed by atoms with van der Waals surface area (Å²) >= 11 is 0. The number of esters is 2. The van der Waals surface area contributed by atoms with E-state index in [2.05, 4.69) is 20.0 Å². The van der Waals surface area contributed by atoms with E-state index in [1.54, 1.807) is 12.1 Å². The Balaban J connectivity index is 1.63. The second-order valence-corrected chi connectivity index (χ2v) is 9.34. The molecule has 1 heterocycles. The number of rotatable bonds is 12. The van der Waals surface area contributed by atoms with E-state index in [0.29, 0.717) is 16.1 Å². The minimum absolute atomic E-state index is 0.00494. The maximum absolute atomic E-state index is 13.4. The van der Waals surface area contributed by atoms with Crippen LogP contribution in [0.3, 0.4) is 0 Å². The normalized spacial score (nSPS) is 11.8. The van der Waals surface area contributed by atoms with Gasteiger partial charge in [0.05, 0.1) is 29.7 Å². The molecule has 41 heavy (non-hydrogen) atoms. The number of hydrazine groups is 1. The Kier molecular flexibility index (Phi) is 10.2. The number of halogens is 3. The van der Waals surface area contributed by atoms with E-state index in [-0.39, 0.29) is 35.8 Å². The number of likely N-dealkylation sites (N-methyl/N-ethyl adjacent to an activating group) is 1. The van der Waals surface area contributed by atoms with Crippen molar-refractivity contribution >= 4 is 22.6 Å². The van der Waals surface area contributed by atoms with E-state index < -0.39 is 41.3 Å². The van der Waals surface area contributed by atoms with E-state index in [9.17, 15) is 36.4 Å². The fourth-order valence-electron chi connectivity index (χ4n) is 3.28. The number of nitrogens with zero attached hydrogens (tertiary/aromatic N) is 5. The molecule has 3 rings (SSSR count). The Hall–Kier alpha value is -4.67. The zero-order chi connectivity index (χ0) is 30.2. The lowest BCUT2D eigenvalue weighted by molar-refractivity contribution is -0.938. The van der Waals surface area contributed by atoms with Crippen LogP contribution in [-0.2, 0) is 47.2 Å². The molecule has 17 heteroatoms. The number of alkyl halides is 3. The number of aromatic nitrogens is 2. The zero-order valence-corrected chi connectivity index (χ0v) is 22.5. The Bertz CT molecular complexity index is 1460. The van der Waals surface area contributed by atoms with Crippen molar-refractivity contribution in [3.05, 3.63) is 65.9 Å². The summed E-state index contributed by atoms with van der Waals surface area (Å²) in [6.07, 6.45) is -4.85. The molecule has 0 spiro atoms. The van der Waals surface area contributed by atoms with Crippen LogP contribution in [0.4, 0.5) is 13.2 Å². The second-order valence-electron chi connectivity index (χ2n) is 8.31. The summed E-state index contributed by atoms with van der Waals surface area (Å²) in [6, 6.07) is 12.2. The van der Waals surface area contributed by atoms with E-state index in [1.165, 1.54) is 50.4 Å². The highest BCUT2D eigenvalue weighted by Crippen LogP contribution is 2.33. The SMILES string of the molecule is CC(=O)OCO/N=[N+](\O)N(C)CCOC(=O)Cc1ccc(-c2cc(C(F)(F)F)nn2-c2ccc([SH](=O)=O)cc2)cc1. The molecular weight excluding hydrogens is 575 g/mol.